The Balaban J connectivity index is 1.66. The highest BCUT2D eigenvalue weighted by molar-refractivity contribution is 6.20. The van der Waals surface area contributed by atoms with Gasteiger partial charge in [-0.1, -0.05) is 24.3 Å². The first-order valence-electron chi connectivity index (χ1n) is 11.0. The van der Waals surface area contributed by atoms with E-state index in [1.165, 1.54) is 19.1 Å². The molecule has 0 saturated heterocycles. The van der Waals surface area contributed by atoms with Gasteiger partial charge in [-0.2, -0.15) is 5.26 Å². The molecule has 8 nitrogen and oxygen atoms in total. The molecule has 1 aromatic heterocycles. The van der Waals surface area contributed by atoms with Crippen molar-refractivity contribution in [3.63, 3.8) is 0 Å². The van der Waals surface area contributed by atoms with Crippen LogP contribution < -0.4 is 14.4 Å². The van der Waals surface area contributed by atoms with E-state index in [2.05, 4.69) is 0 Å². The molecule has 0 spiro atoms. The fraction of sp³-hybridized carbons (Fsp3) is 0.107. The summed E-state index contributed by atoms with van der Waals surface area (Å²) in [6.45, 7) is 0. The van der Waals surface area contributed by atoms with Gasteiger partial charge in [-0.3, -0.25) is 14.5 Å². The molecule has 1 amide bonds. The molecule has 0 radical (unpaired) electrons. The van der Waals surface area contributed by atoms with Gasteiger partial charge in [0.15, 0.2) is 22.9 Å². The Morgan fingerprint density at radius 2 is 1.78 bits per heavy atom. The van der Waals surface area contributed by atoms with E-state index in [4.69, 9.17) is 19.2 Å². The van der Waals surface area contributed by atoms with Gasteiger partial charge in [0, 0.05) is 11.1 Å². The SMILES string of the molecule is COc1cccc(C2C(C(=O)c3cc4cccc(OC)c4o3)=C(O)C(=O)N2c2ccc(C#N)cc2)c1. The molecule has 0 saturated carbocycles. The molecule has 1 aliphatic heterocycles. The van der Waals surface area contributed by atoms with E-state index < -0.39 is 23.5 Å². The zero-order chi connectivity index (χ0) is 25.4. The zero-order valence-corrected chi connectivity index (χ0v) is 19.4. The molecule has 178 valence electrons. The van der Waals surface area contributed by atoms with E-state index in [1.54, 1.807) is 72.8 Å². The maximum Gasteiger partial charge on any atom is 0.294 e. The smallest absolute Gasteiger partial charge is 0.294 e. The van der Waals surface area contributed by atoms with E-state index in [0.717, 1.165) is 0 Å². The number of nitrogens with zero attached hydrogens (tertiary/aromatic N) is 2. The van der Waals surface area contributed by atoms with Gasteiger partial charge in [-0.05, 0) is 54.1 Å². The van der Waals surface area contributed by atoms with Crippen LogP contribution in [0.5, 0.6) is 11.5 Å². The number of ether oxygens (including phenoxy) is 2. The first-order chi connectivity index (χ1) is 17.5. The third-order valence-electron chi connectivity index (χ3n) is 6.09. The van der Waals surface area contributed by atoms with Crippen LogP contribution in [-0.2, 0) is 4.79 Å². The van der Waals surface area contributed by atoms with Crippen LogP contribution in [0.2, 0.25) is 0 Å². The number of hydrogen-bond acceptors (Lipinski definition) is 7. The molecule has 4 aromatic rings. The first kappa shape index (κ1) is 22.7. The molecule has 2 heterocycles. The lowest BCUT2D eigenvalue weighted by molar-refractivity contribution is -0.117. The summed E-state index contributed by atoms with van der Waals surface area (Å²) >= 11 is 0. The molecule has 0 bridgehead atoms. The Kier molecular flexibility index (Phi) is 5.66. The molecule has 8 heteroatoms. The number of aliphatic hydroxyl groups is 1. The quantitative estimate of drug-likeness (QED) is 0.382. The highest BCUT2D eigenvalue weighted by Crippen LogP contribution is 2.43. The average Bonchev–Trinajstić information content (AvgIpc) is 3.47. The third-order valence-corrected chi connectivity index (χ3v) is 6.09. The predicted octanol–water partition coefficient (Wildman–Crippen LogP) is 5.10. The molecular weight excluding hydrogens is 460 g/mol. The van der Waals surface area contributed by atoms with Crippen LogP contribution in [0.1, 0.15) is 27.7 Å². The number of hydrogen-bond donors (Lipinski definition) is 1. The fourth-order valence-corrected chi connectivity index (χ4v) is 4.37. The van der Waals surface area contributed by atoms with Crippen LogP contribution in [0.3, 0.4) is 0 Å². The second kappa shape index (κ2) is 8.96. The number of methoxy groups -OCH3 is 2. The molecule has 36 heavy (non-hydrogen) atoms. The Morgan fingerprint density at radius 1 is 1.03 bits per heavy atom. The highest BCUT2D eigenvalue weighted by Gasteiger charge is 2.45. The summed E-state index contributed by atoms with van der Waals surface area (Å²) in [6.07, 6.45) is 0. The number of nitriles is 1. The van der Waals surface area contributed by atoms with Crippen molar-refractivity contribution in [3.8, 4) is 17.6 Å². The number of fused-ring (bicyclic) bond motifs is 1. The monoisotopic (exact) mass is 480 g/mol. The van der Waals surface area contributed by atoms with Crippen LogP contribution >= 0.6 is 0 Å². The van der Waals surface area contributed by atoms with Crippen molar-refractivity contribution in [2.45, 2.75) is 6.04 Å². The summed E-state index contributed by atoms with van der Waals surface area (Å²) in [4.78, 5) is 28.4. The Morgan fingerprint density at radius 3 is 2.47 bits per heavy atom. The molecule has 5 rings (SSSR count). The van der Waals surface area contributed by atoms with Crippen LogP contribution in [-0.4, -0.2) is 31.0 Å². The van der Waals surface area contributed by atoms with Crippen molar-refractivity contribution in [1.29, 1.82) is 5.26 Å². The van der Waals surface area contributed by atoms with Crippen molar-refractivity contribution >= 4 is 28.3 Å². The van der Waals surface area contributed by atoms with Crippen LogP contribution in [0.25, 0.3) is 11.0 Å². The summed E-state index contributed by atoms with van der Waals surface area (Å²) in [7, 11) is 3.01. The lowest BCUT2D eigenvalue weighted by Crippen LogP contribution is -2.31. The largest absolute Gasteiger partial charge is 0.503 e. The van der Waals surface area contributed by atoms with Crippen LogP contribution in [0, 0.1) is 11.3 Å². The number of carbonyl (C=O) groups excluding carboxylic acids is 2. The molecule has 3 aromatic carbocycles. The van der Waals surface area contributed by atoms with Gasteiger partial charge in [0.25, 0.3) is 5.91 Å². The van der Waals surface area contributed by atoms with Gasteiger partial charge in [-0.15, -0.1) is 0 Å². The number of Topliss-reactive ketones (excluding diaryl/α,β-unsaturated/α-hetero) is 1. The maximum absolute atomic E-state index is 13.8. The number of amides is 1. The molecule has 1 atom stereocenters. The number of rotatable bonds is 6. The van der Waals surface area contributed by atoms with E-state index in [9.17, 15) is 14.7 Å². The number of anilines is 1. The van der Waals surface area contributed by atoms with Gasteiger partial charge in [0.2, 0.25) is 5.78 Å². The van der Waals surface area contributed by atoms with Gasteiger partial charge < -0.3 is 19.0 Å². The number of para-hydroxylation sites is 1. The highest BCUT2D eigenvalue weighted by atomic mass is 16.5. The van der Waals surface area contributed by atoms with Crippen molar-refractivity contribution in [1.82, 2.24) is 0 Å². The van der Waals surface area contributed by atoms with Crippen molar-refractivity contribution in [3.05, 3.63) is 101 Å². The summed E-state index contributed by atoms with van der Waals surface area (Å²) < 4.78 is 16.5. The maximum atomic E-state index is 13.8. The standard InChI is InChI=1S/C28H20N2O6/c1-34-20-7-3-5-17(13-20)24-23(25(31)22-14-18-6-4-8-21(35-2)27(18)36-22)26(32)28(33)30(24)19-11-9-16(15-29)10-12-19/h3-14,24,32H,1-2H3. The first-order valence-corrected chi connectivity index (χ1v) is 11.0. The summed E-state index contributed by atoms with van der Waals surface area (Å²) in [5, 5.41) is 20.8. The summed E-state index contributed by atoms with van der Waals surface area (Å²) in [6, 6.07) is 21.1. The van der Waals surface area contributed by atoms with Crippen LogP contribution in [0.4, 0.5) is 5.69 Å². The van der Waals surface area contributed by atoms with Crippen LogP contribution in [0.15, 0.2) is 88.5 Å². The van der Waals surface area contributed by atoms with Gasteiger partial charge in [-0.25, -0.2) is 0 Å². The van der Waals surface area contributed by atoms with Crippen molar-refractivity contribution in [2.24, 2.45) is 0 Å². The van der Waals surface area contributed by atoms with E-state index >= 15 is 0 Å². The third kappa shape index (κ3) is 3.63. The Bertz CT molecular complexity index is 1580. The summed E-state index contributed by atoms with van der Waals surface area (Å²) in [5.41, 5.74) is 1.62. The van der Waals surface area contributed by atoms with Gasteiger partial charge in [0.1, 0.15) is 5.75 Å². The fourth-order valence-electron chi connectivity index (χ4n) is 4.37. The predicted molar refractivity (Wildman–Crippen MR) is 131 cm³/mol. The molecule has 0 aliphatic carbocycles. The number of ketones is 1. The number of carbonyl (C=O) groups is 2. The Labute approximate surface area is 206 Å². The Hall–Kier alpha value is -5.03. The molecule has 1 N–H and O–H groups in total. The second-order valence-electron chi connectivity index (χ2n) is 8.09. The zero-order valence-electron chi connectivity index (χ0n) is 19.4. The summed E-state index contributed by atoms with van der Waals surface area (Å²) in [5.74, 6) is -1.13. The van der Waals surface area contributed by atoms with Gasteiger partial charge >= 0.3 is 0 Å². The average molecular weight is 480 g/mol. The molecular formula is C28H20N2O6. The topological polar surface area (TPSA) is 113 Å². The van der Waals surface area contributed by atoms with Crippen molar-refractivity contribution < 1.29 is 28.6 Å². The normalized spacial score (nSPS) is 15.3. The minimum Gasteiger partial charge on any atom is -0.503 e. The van der Waals surface area contributed by atoms with Gasteiger partial charge in [0.05, 0.1) is 37.5 Å². The molecule has 1 unspecified atom stereocenters. The molecule has 0 fully saturated rings. The number of aliphatic hydroxyl groups excluding tert-OH is 1. The lowest BCUT2D eigenvalue weighted by Gasteiger charge is -2.27. The lowest BCUT2D eigenvalue weighted by atomic mass is 9.94. The minimum absolute atomic E-state index is 0.0431. The van der Waals surface area contributed by atoms with Crippen molar-refractivity contribution in [2.75, 3.05) is 19.1 Å². The second-order valence-corrected chi connectivity index (χ2v) is 8.09. The van der Waals surface area contributed by atoms with E-state index in [0.29, 0.717) is 39.3 Å². The number of benzene rings is 3. The number of furan rings is 1. The molecule has 1 aliphatic rings. The van der Waals surface area contributed by atoms with E-state index in [-0.39, 0.29) is 11.3 Å². The minimum atomic E-state index is -0.969. The van der Waals surface area contributed by atoms with E-state index in [1.807, 2.05) is 6.07 Å².